The van der Waals surface area contributed by atoms with Gasteiger partial charge in [-0.25, -0.2) is 9.97 Å². The molecule has 0 spiro atoms. The van der Waals surface area contributed by atoms with Crippen molar-refractivity contribution >= 4 is 23.6 Å². The molecular formula is C19H14F3N5S. The Hall–Kier alpha value is -3.25. The van der Waals surface area contributed by atoms with Gasteiger partial charge in [-0.2, -0.15) is 18.4 Å². The summed E-state index contributed by atoms with van der Waals surface area (Å²) in [6.45, 7) is 1.67. The number of pyridine rings is 2. The molecular weight excluding hydrogens is 387 g/mol. The van der Waals surface area contributed by atoms with E-state index in [1.165, 1.54) is 18.3 Å². The second kappa shape index (κ2) is 7.78. The first kappa shape index (κ1) is 19.5. The van der Waals surface area contributed by atoms with Crippen LogP contribution >= 0.6 is 11.9 Å². The molecule has 0 atom stereocenters. The molecule has 1 aromatic carbocycles. The summed E-state index contributed by atoms with van der Waals surface area (Å²) in [5, 5.41) is 9.09. The Labute approximate surface area is 163 Å². The lowest BCUT2D eigenvalue weighted by molar-refractivity contribution is -0.137. The molecule has 0 radical (unpaired) electrons. The number of alkyl halides is 3. The number of rotatable bonds is 4. The molecule has 142 valence electrons. The lowest BCUT2D eigenvalue weighted by Gasteiger charge is -2.16. The van der Waals surface area contributed by atoms with E-state index in [4.69, 9.17) is 11.0 Å². The monoisotopic (exact) mass is 401 g/mol. The molecule has 2 aromatic heterocycles. The normalized spacial score (nSPS) is 11.1. The van der Waals surface area contributed by atoms with Crippen molar-refractivity contribution in [3.63, 3.8) is 0 Å². The summed E-state index contributed by atoms with van der Waals surface area (Å²) in [5.41, 5.74) is 5.62. The van der Waals surface area contributed by atoms with E-state index < -0.39 is 11.7 Å². The summed E-state index contributed by atoms with van der Waals surface area (Å²) >= 11 is 1.15. The molecule has 0 fully saturated rings. The number of hydrogen-bond donors (Lipinski definition) is 2. The maximum atomic E-state index is 13.5. The molecule has 9 heteroatoms. The Morgan fingerprint density at radius 3 is 2.61 bits per heavy atom. The first-order valence-corrected chi connectivity index (χ1v) is 8.83. The van der Waals surface area contributed by atoms with Crippen molar-refractivity contribution in [3.8, 4) is 17.3 Å². The predicted molar refractivity (Wildman–Crippen MR) is 102 cm³/mol. The number of aryl methyl sites for hydroxylation is 1. The Kier molecular flexibility index (Phi) is 5.42. The van der Waals surface area contributed by atoms with Crippen LogP contribution < -0.4 is 10.5 Å². The molecule has 0 aliphatic rings. The number of nitriles is 1. The van der Waals surface area contributed by atoms with Crippen molar-refractivity contribution in [1.82, 2.24) is 9.97 Å². The minimum atomic E-state index is -4.58. The van der Waals surface area contributed by atoms with E-state index in [1.54, 1.807) is 31.2 Å². The number of benzene rings is 1. The topological polar surface area (TPSA) is 87.6 Å². The Morgan fingerprint density at radius 2 is 1.93 bits per heavy atom. The van der Waals surface area contributed by atoms with Crippen molar-refractivity contribution in [3.05, 3.63) is 65.4 Å². The van der Waals surface area contributed by atoms with Gasteiger partial charge in [0, 0.05) is 16.7 Å². The van der Waals surface area contributed by atoms with E-state index in [0.717, 1.165) is 22.9 Å². The average Bonchev–Trinajstić information content (AvgIpc) is 2.66. The predicted octanol–water partition coefficient (Wildman–Crippen LogP) is 5.04. The molecule has 0 saturated carbocycles. The zero-order valence-corrected chi connectivity index (χ0v) is 15.4. The third-order valence-corrected chi connectivity index (χ3v) is 4.65. The molecule has 5 nitrogen and oxygen atoms in total. The van der Waals surface area contributed by atoms with E-state index in [2.05, 4.69) is 14.7 Å². The van der Waals surface area contributed by atoms with Gasteiger partial charge in [0.25, 0.3) is 0 Å². The Balaban J connectivity index is 2.02. The fraction of sp³-hybridized carbons (Fsp3) is 0.105. The van der Waals surface area contributed by atoms with Crippen LogP contribution in [0.3, 0.4) is 0 Å². The summed E-state index contributed by atoms with van der Waals surface area (Å²) in [5.74, 6) is 0.571. The van der Waals surface area contributed by atoms with Crippen molar-refractivity contribution in [1.29, 1.82) is 5.26 Å². The molecule has 0 aliphatic heterocycles. The number of aromatic nitrogens is 2. The van der Waals surface area contributed by atoms with Crippen LogP contribution in [0.2, 0.25) is 0 Å². The van der Waals surface area contributed by atoms with Gasteiger partial charge in [-0.05, 0) is 60.8 Å². The van der Waals surface area contributed by atoms with Crippen LogP contribution in [-0.4, -0.2) is 9.97 Å². The summed E-state index contributed by atoms with van der Waals surface area (Å²) in [6.07, 6.45) is -3.05. The minimum Gasteiger partial charge on any atom is -0.384 e. The third-order valence-electron chi connectivity index (χ3n) is 3.85. The largest absolute Gasteiger partial charge is 0.418 e. The third kappa shape index (κ3) is 4.35. The zero-order valence-electron chi connectivity index (χ0n) is 14.6. The molecule has 0 saturated heterocycles. The number of hydrogen-bond acceptors (Lipinski definition) is 6. The molecule has 2 heterocycles. The second-order valence-corrected chi connectivity index (χ2v) is 6.73. The van der Waals surface area contributed by atoms with Gasteiger partial charge in [-0.1, -0.05) is 6.07 Å². The highest BCUT2D eigenvalue weighted by Crippen LogP contribution is 2.38. The summed E-state index contributed by atoms with van der Waals surface area (Å²) in [6, 6.07) is 12.1. The van der Waals surface area contributed by atoms with Gasteiger partial charge in [0.1, 0.15) is 11.6 Å². The van der Waals surface area contributed by atoms with Crippen LogP contribution in [0.15, 0.2) is 53.6 Å². The lowest BCUT2D eigenvalue weighted by Crippen LogP contribution is -2.10. The molecule has 0 bridgehead atoms. The van der Waals surface area contributed by atoms with Crippen LogP contribution in [0.5, 0.6) is 0 Å². The van der Waals surface area contributed by atoms with Crippen LogP contribution in [0, 0.1) is 18.3 Å². The highest BCUT2D eigenvalue weighted by Gasteiger charge is 2.35. The van der Waals surface area contributed by atoms with E-state index in [1.807, 2.05) is 6.07 Å². The van der Waals surface area contributed by atoms with Crippen molar-refractivity contribution < 1.29 is 13.2 Å². The summed E-state index contributed by atoms with van der Waals surface area (Å²) < 4.78 is 43.5. The molecule has 3 aromatic rings. The van der Waals surface area contributed by atoms with E-state index >= 15 is 0 Å². The molecule has 3 N–H and O–H groups in total. The molecule has 0 amide bonds. The standard InChI is InChI=1S/C19H14F3N5S/c1-11-2-3-12(10-23)8-14(11)18-15(19(20,21)22)4-5-17(26-18)27-28-13-6-7-25-16(24)9-13/h2-9H,1H3,(H2,24,25)(H,26,27). The molecule has 0 unspecified atom stereocenters. The number of anilines is 2. The number of nitrogens with two attached hydrogens (primary N) is 1. The van der Waals surface area contributed by atoms with Crippen LogP contribution in [0.4, 0.5) is 24.8 Å². The van der Waals surface area contributed by atoms with E-state index in [9.17, 15) is 13.2 Å². The average molecular weight is 401 g/mol. The van der Waals surface area contributed by atoms with Gasteiger partial charge < -0.3 is 10.5 Å². The number of nitrogens with zero attached hydrogens (tertiary/aromatic N) is 3. The smallest absolute Gasteiger partial charge is 0.384 e. The first-order chi connectivity index (χ1) is 13.3. The Morgan fingerprint density at radius 1 is 1.14 bits per heavy atom. The van der Waals surface area contributed by atoms with Crippen molar-refractivity contribution in [2.24, 2.45) is 0 Å². The molecule has 3 rings (SSSR count). The number of halogens is 3. The van der Waals surface area contributed by atoms with Crippen LogP contribution in [-0.2, 0) is 6.18 Å². The SMILES string of the molecule is Cc1ccc(C#N)cc1-c1nc(NSc2ccnc(N)c2)ccc1C(F)(F)F. The maximum Gasteiger partial charge on any atom is 0.418 e. The van der Waals surface area contributed by atoms with E-state index in [-0.39, 0.29) is 22.6 Å². The highest BCUT2D eigenvalue weighted by molar-refractivity contribution is 8.00. The van der Waals surface area contributed by atoms with Gasteiger partial charge in [-0.3, -0.25) is 0 Å². The fourth-order valence-corrected chi connectivity index (χ4v) is 3.14. The Bertz CT molecular complexity index is 1060. The van der Waals surface area contributed by atoms with E-state index in [0.29, 0.717) is 11.4 Å². The van der Waals surface area contributed by atoms with Gasteiger partial charge in [0.2, 0.25) is 0 Å². The van der Waals surface area contributed by atoms with Gasteiger partial charge in [0.15, 0.2) is 0 Å². The first-order valence-electron chi connectivity index (χ1n) is 8.01. The fourth-order valence-electron chi connectivity index (χ4n) is 2.50. The zero-order chi connectivity index (χ0) is 20.3. The maximum absolute atomic E-state index is 13.5. The highest BCUT2D eigenvalue weighted by atomic mass is 32.2. The minimum absolute atomic E-state index is 0.234. The summed E-state index contributed by atoms with van der Waals surface area (Å²) in [7, 11) is 0. The summed E-state index contributed by atoms with van der Waals surface area (Å²) in [4.78, 5) is 8.79. The van der Waals surface area contributed by atoms with Crippen molar-refractivity contribution in [2.45, 2.75) is 18.0 Å². The number of nitrogens with one attached hydrogen (secondary N) is 1. The number of nitrogen functional groups attached to an aromatic ring is 1. The molecule has 0 aliphatic carbocycles. The van der Waals surface area contributed by atoms with Gasteiger partial charge in [-0.15, -0.1) is 0 Å². The van der Waals surface area contributed by atoms with Gasteiger partial charge in [0.05, 0.1) is 22.9 Å². The van der Waals surface area contributed by atoms with Crippen LogP contribution in [0.25, 0.3) is 11.3 Å². The van der Waals surface area contributed by atoms with Crippen molar-refractivity contribution in [2.75, 3.05) is 10.5 Å². The lowest BCUT2D eigenvalue weighted by atomic mass is 9.98. The van der Waals surface area contributed by atoms with Gasteiger partial charge >= 0.3 is 6.18 Å². The quantitative estimate of drug-likeness (QED) is 0.595. The molecule has 28 heavy (non-hydrogen) atoms. The second-order valence-electron chi connectivity index (χ2n) is 5.85. The van der Waals surface area contributed by atoms with Crippen LogP contribution in [0.1, 0.15) is 16.7 Å².